The number of aliphatic imine (C=N–C) groups is 1. The molecule has 2 aromatic carbocycles. The molecule has 0 saturated heterocycles. The summed E-state index contributed by atoms with van der Waals surface area (Å²) in [4.78, 5) is 16.4. The average molecular weight is 356 g/mol. The smallest absolute Gasteiger partial charge is 0.168 e. The molecule has 0 unspecified atom stereocenters. The van der Waals surface area contributed by atoms with Gasteiger partial charge in [0.1, 0.15) is 0 Å². The van der Waals surface area contributed by atoms with E-state index in [4.69, 9.17) is 4.98 Å². The number of rotatable bonds is 3. The molecule has 0 aliphatic carbocycles. The van der Waals surface area contributed by atoms with E-state index < -0.39 is 0 Å². The number of amidine groups is 1. The van der Waals surface area contributed by atoms with Gasteiger partial charge in [-0.1, -0.05) is 72.4 Å². The Kier molecular flexibility index (Phi) is 3.79. The second-order valence-electron chi connectivity index (χ2n) is 6.12. The third kappa shape index (κ3) is 2.61. The Bertz CT molecular complexity index is 1010. The Balaban J connectivity index is 1.66. The highest BCUT2D eigenvalue weighted by Gasteiger charge is 2.29. The molecule has 0 radical (unpaired) electrons. The van der Waals surface area contributed by atoms with Crippen LogP contribution in [-0.4, -0.2) is 33.1 Å². The summed E-state index contributed by atoms with van der Waals surface area (Å²) < 4.78 is 0. The first-order valence-corrected chi connectivity index (χ1v) is 9.45. The predicted molar refractivity (Wildman–Crippen MR) is 107 cm³/mol. The minimum absolute atomic E-state index is 0.745. The topological polar surface area (TPSA) is 41.4 Å². The van der Waals surface area contributed by atoms with Crippen LogP contribution >= 0.6 is 11.8 Å². The molecule has 0 N–H and O–H groups in total. The quantitative estimate of drug-likeness (QED) is 0.691. The van der Waals surface area contributed by atoms with E-state index in [0.29, 0.717) is 0 Å². The van der Waals surface area contributed by atoms with Crippen molar-refractivity contribution < 1.29 is 0 Å². The summed E-state index contributed by atoms with van der Waals surface area (Å²) in [5.74, 6) is 0.745. The van der Waals surface area contributed by atoms with Gasteiger partial charge >= 0.3 is 0 Å². The summed E-state index contributed by atoms with van der Waals surface area (Å²) in [7, 11) is 0. The number of thioether (sulfide) groups is 1. The lowest BCUT2D eigenvalue weighted by atomic mass is 10.0. The van der Waals surface area contributed by atoms with Crippen molar-refractivity contribution in [1.82, 2.24) is 14.9 Å². The van der Waals surface area contributed by atoms with Crippen LogP contribution in [0.5, 0.6) is 0 Å². The largest absolute Gasteiger partial charge is 0.318 e. The molecule has 3 aromatic rings. The van der Waals surface area contributed by atoms with E-state index >= 15 is 0 Å². The molecule has 126 valence electrons. The molecule has 5 heteroatoms. The number of nitrogens with zero attached hydrogens (tertiary/aromatic N) is 4. The van der Waals surface area contributed by atoms with Crippen molar-refractivity contribution in [2.24, 2.45) is 4.99 Å². The highest BCUT2D eigenvalue weighted by molar-refractivity contribution is 8.16. The minimum Gasteiger partial charge on any atom is -0.318 e. The third-order valence-electron chi connectivity index (χ3n) is 4.51. The Morgan fingerprint density at radius 1 is 0.885 bits per heavy atom. The maximum Gasteiger partial charge on any atom is 0.168 e. The van der Waals surface area contributed by atoms with E-state index in [-0.39, 0.29) is 0 Å². The van der Waals surface area contributed by atoms with Gasteiger partial charge in [0.15, 0.2) is 11.0 Å². The number of aromatic nitrogens is 2. The van der Waals surface area contributed by atoms with Crippen molar-refractivity contribution in [3.05, 3.63) is 77.8 Å². The Hall–Kier alpha value is -2.92. The van der Waals surface area contributed by atoms with Crippen LogP contribution in [0.15, 0.2) is 77.3 Å². The van der Waals surface area contributed by atoms with Crippen LogP contribution in [0.3, 0.4) is 0 Å². The molecule has 2 aliphatic heterocycles. The highest BCUT2D eigenvalue weighted by Crippen LogP contribution is 2.38. The van der Waals surface area contributed by atoms with Crippen molar-refractivity contribution in [2.45, 2.75) is 0 Å². The van der Waals surface area contributed by atoms with Crippen LogP contribution in [0.25, 0.3) is 28.3 Å². The summed E-state index contributed by atoms with van der Waals surface area (Å²) in [6.45, 7) is 1.77. The predicted octanol–water partition coefficient (Wildman–Crippen LogP) is 4.53. The van der Waals surface area contributed by atoms with Crippen LogP contribution in [0.4, 0.5) is 0 Å². The molecule has 26 heavy (non-hydrogen) atoms. The van der Waals surface area contributed by atoms with E-state index in [1.807, 2.05) is 54.7 Å². The second-order valence-corrected chi connectivity index (χ2v) is 6.96. The fourth-order valence-electron chi connectivity index (χ4n) is 3.24. The van der Waals surface area contributed by atoms with E-state index in [2.05, 4.69) is 32.4 Å². The highest BCUT2D eigenvalue weighted by atomic mass is 32.2. The van der Waals surface area contributed by atoms with Gasteiger partial charge in [0.05, 0.1) is 17.9 Å². The van der Waals surface area contributed by atoms with Crippen LogP contribution in [0.2, 0.25) is 0 Å². The second kappa shape index (κ2) is 6.42. The van der Waals surface area contributed by atoms with Gasteiger partial charge in [0.2, 0.25) is 0 Å². The molecule has 3 heterocycles. The lowest BCUT2D eigenvalue weighted by Gasteiger charge is -2.19. The molecule has 0 atom stereocenters. The summed E-state index contributed by atoms with van der Waals surface area (Å²) in [6.07, 6.45) is 1.95. The molecule has 4 nitrogen and oxygen atoms in total. The van der Waals surface area contributed by atoms with Gasteiger partial charge in [-0.2, -0.15) is 0 Å². The molecule has 0 fully saturated rings. The molecular weight excluding hydrogens is 340 g/mol. The first-order chi connectivity index (χ1) is 12.9. The number of benzene rings is 2. The van der Waals surface area contributed by atoms with E-state index in [1.54, 1.807) is 11.8 Å². The number of fused-ring (bicyclic) bond motifs is 1. The molecule has 0 spiro atoms. The number of hydrogen-bond acceptors (Lipinski definition) is 5. The normalized spacial score (nSPS) is 15.6. The maximum atomic E-state index is 4.94. The maximum absolute atomic E-state index is 4.94. The van der Waals surface area contributed by atoms with Crippen LogP contribution in [0.1, 0.15) is 5.56 Å². The van der Waals surface area contributed by atoms with Gasteiger partial charge in [-0.25, -0.2) is 9.97 Å². The standard InChI is InChI=1S/C21H16N4S/c1-3-7-15(8-4-1)19-17(18-14-26-21-22-11-12-25(18)21)13-23-20(24-19)16-9-5-2-6-10-16/h1-10,13-14H,11-12H2. The zero-order valence-electron chi connectivity index (χ0n) is 14.0. The zero-order valence-corrected chi connectivity index (χ0v) is 14.9. The van der Waals surface area contributed by atoms with Crippen molar-refractivity contribution in [1.29, 1.82) is 0 Å². The summed E-state index contributed by atoms with van der Waals surface area (Å²) in [6, 6.07) is 20.4. The fourth-order valence-corrected chi connectivity index (χ4v) is 4.20. The SMILES string of the molecule is C1=C(c2cnc(-c3ccccc3)nc2-c2ccccc2)N2CCN=C2S1. The zero-order chi connectivity index (χ0) is 17.3. The summed E-state index contributed by atoms with van der Waals surface area (Å²) in [5, 5.41) is 3.23. The summed E-state index contributed by atoms with van der Waals surface area (Å²) >= 11 is 1.68. The van der Waals surface area contributed by atoms with Crippen molar-refractivity contribution in [2.75, 3.05) is 13.1 Å². The van der Waals surface area contributed by atoms with Gasteiger partial charge in [0.25, 0.3) is 0 Å². The van der Waals surface area contributed by atoms with Gasteiger partial charge in [0, 0.05) is 34.8 Å². The van der Waals surface area contributed by atoms with E-state index in [0.717, 1.165) is 52.2 Å². The van der Waals surface area contributed by atoms with Crippen molar-refractivity contribution >= 4 is 22.6 Å². The van der Waals surface area contributed by atoms with Crippen LogP contribution in [-0.2, 0) is 0 Å². The average Bonchev–Trinajstić information content (AvgIpc) is 3.33. The van der Waals surface area contributed by atoms with Gasteiger partial charge in [-0.05, 0) is 0 Å². The van der Waals surface area contributed by atoms with Gasteiger partial charge in [-0.15, -0.1) is 0 Å². The lowest BCUT2D eigenvalue weighted by molar-refractivity contribution is 0.649. The third-order valence-corrected chi connectivity index (χ3v) is 5.41. The fraction of sp³-hybridized carbons (Fsp3) is 0.0952. The van der Waals surface area contributed by atoms with Crippen LogP contribution < -0.4 is 0 Å². The lowest BCUT2D eigenvalue weighted by Crippen LogP contribution is -2.20. The molecule has 1 aromatic heterocycles. The van der Waals surface area contributed by atoms with Crippen LogP contribution in [0, 0.1) is 0 Å². The van der Waals surface area contributed by atoms with Crippen molar-refractivity contribution in [3.63, 3.8) is 0 Å². The summed E-state index contributed by atoms with van der Waals surface area (Å²) in [5.41, 5.74) is 5.27. The van der Waals surface area contributed by atoms with E-state index in [9.17, 15) is 0 Å². The molecule has 0 bridgehead atoms. The van der Waals surface area contributed by atoms with Gasteiger partial charge < -0.3 is 4.90 Å². The van der Waals surface area contributed by atoms with Crippen molar-refractivity contribution in [3.8, 4) is 22.6 Å². The van der Waals surface area contributed by atoms with Gasteiger partial charge in [-0.3, -0.25) is 4.99 Å². The molecule has 0 saturated carbocycles. The molecule has 5 rings (SSSR count). The number of hydrogen-bond donors (Lipinski definition) is 0. The molecule has 0 amide bonds. The molecular formula is C21H16N4S. The first kappa shape index (κ1) is 15.3. The van der Waals surface area contributed by atoms with E-state index in [1.165, 1.54) is 0 Å². The first-order valence-electron chi connectivity index (χ1n) is 8.57. The Morgan fingerprint density at radius 3 is 2.38 bits per heavy atom. The molecule has 2 aliphatic rings. The minimum atomic E-state index is 0.745. The monoisotopic (exact) mass is 356 g/mol. The Labute approximate surface area is 156 Å². The Morgan fingerprint density at radius 2 is 1.62 bits per heavy atom.